The van der Waals surface area contributed by atoms with Gasteiger partial charge in [0.2, 0.25) is 5.91 Å². The molecule has 0 unspecified atom stereocenters. The summed E-state index contributed by atoms with van der Waals surface area (Å²) in [6, 6.07) is 5.34. The van der Waals surface area contributed by atoms with Gasteiger partial charge in [-0.25, -0.2) is 0 Å². The van der Waals surface area contributed by atoms with E-state index in [1.807, 2.05) is 20.0 Å². The van der Waals surface area contributed by atoms with E-state index in [4.69, 9.17) is 4.74 Å². The molecule has 1 aromatic heterocycles. The molecule has 1 saturated heterocycles. The first kappa shape index (κ1) is 24.5. The lowest BCUT2D eigenvalue weighted by atomic mass is 9.91. The SMILES string of the molecule is COc1c(C)cnc(CN2CCC(N(C)C(=O)C3(c4cccc(C(F)(F)F)c4)CC3)CC2)c1C. The van der Waals surface area contributed by atoms with E-state index in [0.717, 1.165) is 67.2 Å². The average molecular weight is 476 g/mol. The largest absolute Gasteiger partial charge is 0.496 e. The summed E-state index contributed by atoms with van der Waals surface area (Å²) < 4.78 is 45.1. The number of piperidine rings is 1. The second-order valence-corrected chi connectivity index (χ2v) is 9.63. The standard InChI is InChI=1S/C26H32F3N3O2/c1-17-15-30-22(18(2)23(17)34-4)16-32-12-8-21(9-13-32)31(3)24(33)25(10-11-25)19-6-5-7-20(14-19)26(27,28)29/h5-7,14-15,21H,8-13,16H2,1-4H3. The van der Waals surface area contributed by atoms with Crippen molar-refractivity contribution in [3.63, 3.8) is 0 Å². The molecule has 2 aliphatic rings. The highest BCUT2D eigenvalue weighted by Crippen LogP contribution is 2.50. The van der Waals surface area contributed by atoms with E-state index in [1.54, 1.807) is 25.1 Å². The van der Waals surface area contributed by atoms with Crippen LogP contribution < -0.4 is 4.74 Å². The van der Waals surface area contributed by atoms with Crippen molar-refractivity contribution in [1.82, 2.24) is 14.8 Å². The fourth-order valence-electron chi connectivity index (χ4n) is 5.15. The van der Waals surface area contributed by atoms with Gasteiger partial charge in [-0.15, -0.1) is 0 Å². The topological polar surface area (TPSA) is 45.7 Å². The smallest absolute Gasteiger partial charge is 0.416 e. The van der Waals surface area contributed by atoms with Crippen LogP contribution in [0.3, 0.4) is 0 Å². The molecule has 0 spiro atoms. The van der Waals surface area contributed by atoms with Crippen LogP contribution in [-0.4, -0.2) is 54.0 Å². The summed E-state index contributed by atoms with van der Waals surface area (Å²) in [5, 5.41) is 0. The van der Waals surface area contributed by atoms with Gasteiger partial charge >= 0.3 is 6.18 Å². The minimum absolute atomic E-state index is 0.0638. The maximum absolute atomic E-state index is 13.4. The van der Waals surface area contributed by atoms with Gasteiger partial charge in [0.25, 0.3) is 0 Å². The number of carbonyl (C=O) groups is 1. The lowest BCUT2D eigenvalue weighted by Crippen LogP contribution is -2.48. The molecule has 1 aromatic carbocycles. The number of amides is 1. The number of likely N-dealkylation sites (tertiary alicyclic amines) is 1. The molecule has 1 amide bonds. The fraction of sp³-hybridized carbons (Fsp3) is 0.538. The molecule has 1 aliphatic carbocycles. The van der Waals surface area contributed by atoms with Crippen LogP contribution in [0, 0.1) is 13.8 Å². The summed E-state index contributed by atoms with van der Waals surface area (Å²) in [6.07, 6.45) is 0.255. The lowest BCUT2D eigenvalue weighted by Gasteiger charge is -2.38. The molecule has 0 N–H and O–H groups in total. The van der Waals surface area contributed by atoms with Crippen LogP contribution in [0.4, 0.5) is 13.2 Å². The molecular formula is C26H32F3N3O2. The molecule has 0 radical (unpaired) electrons. The van der Waals surface area contributed by atoms with E-state index in [9.17, 15) is 18.0 Å². The van der Waals surface area contributed by atoms with Gasteiger partial charge in [0.1, 0.15) is 5.75 Å². The maximum Gasteiger partial charge on any atom is 0.416 e. The zero-order chi connectivity index (χ0) is 24.7. The number of nitrogens with zero attached hydrogens (tertiary/aromatic N) is 3. The first-order chi connectivity index (χ1) is 16.1. The number of benzene rings is 1. The summed E-state index contributed by atoms with van der Waals surface area (Å²) in [4.78, 5) is 22.1. The van der Waals surface area contributed by atoms with Crippen LogP contribution in [0.25, 0.3) is 0 Å². The summed E-state index contributed by atoms with van der Waals surface area (Å²) in [5.41, 5.74) is 2.02. The second kappa shape index (κ2) is 9.21. The zero-order valence-corrected chi connectivity index (χ0v) is 20.2. The third kappa shape index (κ3) is 4.65. The highest BCUT2D eigenvalue weighted by molar-refractivity contribution is 5.91. The van der Waals surface area contributed by atoms with Crippen molar-refractivity contribution in [3.05, 3.63) is 58.4 Å². The summed E-state index contributed by atoms with van der Waals surface area (Å²) in [6.45, 7) is 6.39. The van der Waals surface area contributed by atoms with Gasteiger partial charge in [0.05, 0.1) is 23.8 Å². The molecule has 2 aromatic rings. The Morgan fingerprint density at radius 2 is 1.91 bits per heavy atom. The maximum atomic E-state index is 13.4. The van der Waals surface area contributed by atoms with Gasteiger partial charge in [-0.3, -0.25) is 14.7 Å². The number of carbonyl (C=O) groups excluding carboxylic acids is 1. The third-order valence-corrected chi connectivity index (χ3v) is 7.45. The molecule has 0 bridgehead atoms. The number of rotatable bonds is 6. The molecule has 2 heterocycles. The van der Waals surface area contributed by atoms with Crippen molar-refractivity contribution < 1.29 is 22.7 Å². The van der Waals surface area contributed by atoms with E-state index < -0.39 is 17.2 Å². The number of halogens is 3. The van der Waals surface area contributed by atoms with Crippen molar-refractivity contribution in [3.8, 4) is 5.75 Å². The Morgan fingerprint density at radius 1 is 1.24 bits per heavy atom. The molecule has 8 heteroatoms. The lowest BCUT2D eigenvalue weighted by molar-refractivity contribution is -0.138. The molecule has 1 aliphatic heterocycles. The number of alkyl halides is 3. The Kier molecular flexibility index (Phi) is 6.64. The van der Waals surface area contributed by atoms with Crippen molar-refractivity contribution in [2.45, 2.75) is 63.7 Å². The van der Waals surface area contributed by atoms with Crippen LogP contribution in [-0.2, 0) is 22.9 Å². The van der Waals surface area contributed by atoms with Crippen molar-refractivity contribution in [1.29, 1.82) is 0 Å². The molecule has 34 heavy (non-hydrogen) atoms. The number of ether oxygens (including phenoxy) is 1. The summed E-state index contributed by atoms with van der Waals surface area (Å²) in [7, 11) is 3.47. The monoisotopic (exact) mass is 475 g/mol. The number of pyridine rings is 1. The van der Waals surface area contributed by atoms with Gasteiger partial charge in [0.15, 0.2) is 0 Å². The van der Waals surface area contributed by atoms with Crippen LogP contribution in [0.1, 0.15) is 53.6 Å². The first-order valence-electron chi connectivity index (χ1n) is 11.7. The Balaban J connectivity index is 1.39. The molecule has 1 saturated carbocycles. The van der Waals surface area contributed by atoms with Crippen LogP contribution in [0.5, 0.6) is 5.75 Å². The Morgan fingerprint density at radius 3 is 2.50 bits per heavy atom. The van der Waals surface area contributed by atoms with E-state index in [1.165, 1.54) is 6.07 Å². The molecule has 5 nitrogen and oxygen atoms in total. The van der Waals surface area contributed by atoms with Gasteiger partial charge in [-0.05, 0) is 51.2 Å². The number of hydrogen-bond acceptors (Lipinski definition) is 4. The van der Waals surface area contributed by atoms with Gasteiger partial charge < -0.3 is 9.64 Å². The van der Waals surface area contributed by atoms with Crippen molar-refractivity contribution >= 4 is 5.91 Å². The fourth-order valence-corrected chi connectivity index (χ4v) is 5.15. The minimum atomic E-state index is -4.41. The number of likely N-dealkylation sites (N-methyl/N-ethyl adjacent to an activating group) is 1. The van der Waals surface area contributed by atoms with Crippen LogP contribution in [0.15, 0.2) is 30.5 Å². The van der Waals surface area contributed by atoms with Crippen LogP contribution in [0.2, 0.25) is 0 Å². The molecular weight excluding hydrogens is 443 g/mol. The van der Waals surface area contributed by atoms with E-state index in [2.05, 4.69) is 9.88 Å². The van der Waals surface area contributed by atoms with E-state index in [-0.39, 0.29) is 11.9 Å². The van der Waals surface area contributed by atoms with Crippen LogP contribution >= 0.6 is 0 Å². The third-order valence-electron chi connectivity index (χ3n) is 7.45. The zero-order valence-electron chi connectivity index (χ0n) is 20.2. The van der Waals surface area contributed by atoms with Crippen molar-refractivity contribution in [2.75, 3.05) is 27.2 Å². The highest BCUT2D eigenvalue weighted by atomic mass is 19.4. The Labute approximate surface area is 198 Å². The van der Waals surface area contributed by atoms with E-state index in [0.29, 0.717) is 18.4 Å². The quantitative estimate of drug-likeness (QED) is 0.598. The first-order valence-corrected chi connectivity index (χ1v) is 11.7. The predicted octanol–water partition coefficient (Wildman–Crippen LogP) is 4.88. The van der Waals surface area contributed by atoms with Gasteiger partial charge in [-0.2, -0.15) is 13.2 Å². The summed E-state index contributed by atoms with van der Waals surface area (Å²) in [5.74, 6) is 0.806. The van der Waals surface area contributed by atoms with Gasteiger partial charge in [-0.1, -0.05) is 18.2 Å². The Hall–Kier alpha value is -2.61. The minimum Gasteiger partial charge on any atom is -0.496 e. The van der Waals surface area contributed by atoms with E-state index >= 15 is 0 Å². The summed E-state index contributed by atoms with van der Waals surface area (Å²) >= 11 is 0. The number of aryl methyl sites for hydroxylation is 1. The second-order valence-electron chi connectivity index (χ2n) is 9.63. The van der Waals surface area contributed by atoms with Gasteiger partial charge in [0, 0.05) is 50.0 Å². The average Bonchev–Trinajstić information content (AvgIpc) is 3.62. The molecule has 0 atom stereocenters. The molecule has 184 valence electrons. The molecule has 4 rings (SSSR count). The highest BCUT2D eigenvalue weighted by Gasteiger charge is 2.53. The van der Waals surface area contributed by atoms with Crippen molar-refractivity contribution in [2.24, 2.45) is 0 Å². The number of hydrogen-bond donors (Lipinski definition) is 0. The number of methoxy groups -OCH3 is 1. The normalized spacial score (nSPS) is 18.6. The molecule has 2 fully saturated rings. The number of aromatic nitrogens is 1. The Bertz CT molecular complexity index is 1060. The predicted molar refractivity (Wildman–Crippen MR) is 124 cm³/mol.